The number of anilines is 2. The minimum absolute atomic E-state index is 0.136. The quantitative estimate of drug-likeness (QED) is 0.269. The summed E-state index contributed by atoms with van der Waals surface area (Å²) in [5.41, 5.74) is 4.86. The molecule has 5 nitrogen and oxygen atoms in total. The number of hydrogen-bond acceptors (Lipinski definition) is 5. The summed E-state index contributed by atoms with van der Waals surface area (Å²) in [6.07, 6.45) is 0. The molecule has 1 N–H and O–H groups in total. The van der Waals surface area contributed by atoms with Gasteiger partial charge in [-0.25, -0.2) is 4.98 Å². The number of aromatic nitrogens is 2. The number of para-hydroxylation sites is 1. The van der Waals surface area contributed by atoms with Crippen LogP contribution in [0.25, 0.3) is 10.9 Å². The fraction of sp³-hybridized carbons (Fsp3) is 0.212. The maximum Gasteiger partial charge on any atom is 0.227 e. The molecular weight excluding hydrogens is 466 g/mol. The van der Waals surface area contributed by atoms with E-state index in [-0.39, 0.29) is 12.1 Å². The van der Waals surface area contributed by atoms with Gasteiger partial charge in [0.25, 0.3) is 0 Å². The fourth-order valence-electron chi connectivity index (χ4n) is 5.41. The summed E-state index contributed by atoms with van der Waals surface area (Å²) >= 11 is 0. The molecule has 5 aromatic rings. The predicted octanol–water partition coefficient (Wildman–Crippen LogP) is 6.71. The molecule has 0 radical (unpaired) electrons. The van der Waals surface area contributed by atoms with Gasteiger partial charge in [0.15, 0.2) is 0 Å². The lowest BCUT2D eigenvalue weighted by Gasteiger charge is -2.40. The highest BCUT2D eigenvalue weighted by atomic mass is 15.3. The minimum Gasteiger partial charge on any atom is -0.363 e. The van der Waals surface area contributed by atoms with Crippen LogP contribution < -0.4 is 10.2 Å². The molecule has 0 amide bonds. The van der Waals surface area contributed by atoms with Crippen molar-refractivity contribution in [2.75, 3.05) is 36.4 Å². The third-order valence-electron chi connectivity index (χ3n) is 7.44. The summed E-state index contributed by atoms with van der Waals surface area (Å²) in [4.78, 5) is 15.0. The summed E-state index contributed by atoms with van der Waals surface area (Å²) in [7, 11) is 0. The van der Waals surface area contributed by atoms with Crippen LogP contribution in [0.4, 0.5) is 11.8 Å². The summed E-state index contributed by atoms with van der Waals surface area (Å²) in [6.45, 7) is 5.81. The number of nitrogens with zero attached hydrogens (tertiary/aromatic N) is 4. The van der Waals surface area contributed by atoms with Gasteiger partial charge in [-0.1, -0.05) is 103 Å². The van der Waals surface area contributed by atoms with Crippen LogP contribution in [0.3, 0.4) is 0 Å². The molecule has 1 aliphatic heterocycles. The average molecular weight is 500 g/mol. The molecule has 5 heteroatoms. The highest BCUT2D eigenvalue weighted by molar-refractivity contribution is 5.90. The Kier molecular flexibility index (Phi) is 7.01. The first kappa shape index (κ1) is 24.1. The molecule has 1 unspecified atom stereocenters. The van der Waals surface area contributed by atoms with E-state index < -0.39 is 0 Å². The standard InChI is InChI=1S/C33H33N5/c1-25(26-13-5-2-6-14-26)34-32-29-19-11-12-20-30(29)35-33(36-32)38-23-21-37(22-24-38)31(27-15-7-3-8-16-27)28-17-9-4-10-18-28/h2-20,25,31H,21-24H2,1H3,(H,34,35,36). The van der Waals surface area contributed by atoms with Gasteiger partial charge >= 0.3 is 0 Å². The monoisotopic (exact) mass is 499 g/mol. The molecule has 1 atom stereocenters. The summed E-state index contributed by atoms with van der Waals surface area (Å²) in [5.74, 6) is 1.68. The second-order valence-corrected chi connectivity index (χ2v) is 9.91. The highest BCUT2D eigenvalue weighted by Crippen LogP contribution is 2.31. The van der Waals surface area contributed by atoms with E-state index in [1.54, 1.807) is 0 Å². The molecule has 2 heterocycles. The van der Waals surface area contributed by atoms with Crippen molar-refractivity contribution in [3.63, 3.8) is 0 Å². The molecule has 1 saturated heterocycles. The number of nitrogens with one attached hydrogen (secondary N) is 1. The Morgan fingerprint density at radius 2 is 1.13 bits per heavy atom. The molecule has 190 valence electrons. The van der Waals surface area contributed by atoms with Gasteiger partial charge in [0.2, 0.25) is 5.95 Å². The second-order valence-electron chi connectivity index (χ2n) is 9.91. The van der Waals surface area contributed by atoms with E-state index in [4.69, 9.17) is 9.97 Å². The maximum atomic E-state index is 5.06. The van der Waals surface area contributed by atoms with Crippen molar-refractivity contribution in [3.8, 4) is 0 Å². The number of fused-ring (bicyclic) bond motifs is 1. The molecular formula is C33H33N5. The number of benzene rings is 4. The Balaban J connectivity index is 1.25. The molecule has 1 aliphatic rings. The van der Waals surface area contributed by atoms with Crippen LogP contribution in [0, 0.1) is 0 Å². The zero-order valence-corrected chi connectivity index (χ0v) is 21.7. The van der Waals surface area contributed by atoms with E-state index in [1.165, 1.54) is 16.7 Å². The molecule has 1 aromatic heterocycles. The smallest absolute Gasteiger partial charge is 0.227 e. The van der Waals surface area contributed by atoms with Gasteiger partial charge in [0.1, 0.15) is 5.82 Å². The summed E-state index contributed by atoms with van der Waals surface area (Å²) < 4.78 is 0. The topological polar surface area (TPSA) is 44.3 Å². The molecule has 0 aliphatic carbocycles. The van der Waals surface area contributed by atoms with Gasteiger partial charge in [-0.15, -0.1) is 0 Å². The minimum atomic E-state index is 0.136. The lowest BCUT2D eigenvalue weighted by Crippen LogP contribution is -2.48. The van der Waals surface area contributed by atoms with Crippen LogP contribution >= 0.6 is 0 Å². The van der Waals surface area contributed by atoms with Gasteiger partial charge in [-0.3, -0.25) is 4.90 Å². The maximum absolute atomic E-state index is 5.06. The molecule has 6 rings (SSSR count). The molecule has 0 saturated carbocycles. The first-order chi connectivity index (χ1) is 18.8. The first-order valence-corrected chi connectivity index (χ1v) is 13.4. The zero-order valence-electron chi connectivity index (χ0n) is 21.7. The van der Waals surface area contributed by atoms with Gasteiger partial charge in [-0.2, -0.15) is 4.98 Å². The second kappa shape index (κ2) is 11.0. The van der Waals surface area contributed by atoms with Crippen molar-refractivity contribution in [2.24, 2.45) is 0 Å². The van der Waals surface area contributed by atoms with E-state index in [0.29, 0.717) is 0 Å². The van der Waals surface area contributed by atoms with Crippen LogP contribution in [-0.4, -0.2) is 41.0 Å². The summed E-state index contributed by atoms with van der Waals surface area (Å²) in [5, 5.41) is 4.71. The summed E-state index contributed by atoms with van der Waals surface area (Å²) in [6, 6.07) is 40.8. The van der Waals surface area contributed by atoms with Crippen LogP contribution in [0.1, 0.15) is 35.7 Å². The zero-order chi connectivity index (χ0) is 25.7. The normalized spacial score (nSPS) is 15.1. The van der Waals surface area contributed by atoms with E-state index in [2.05, 4.69) is 125 Å². The molecule has 38 heavy (non-hydrogen) atoms. The number of rotatable bonds is 7. The largest absolute Gasteiger partial charge is 0.363 e. The van der Waals surface area contributed by atoms with Gasteiger partial charge in [-0.05, 0) is 35.7 Å². The Hall–Kier alpha value is -4.22. The Labute approximate surface area is 224 Å². The van der Waals surface area contributed by atoms with E-state index in [1.807, 2.05) is 12.1 Å². The molecule has 4 aromatic carbocycles. The third kappa shape index (κ3) is 5.11. The molecule has 1 fully saturated rings. The van der Waals surface area contributed by atoms with Crippen molar-refractivity contribution in [3.05, 3.63) is 132 Å². The lowest BCUT2D eigenvalue weighted by molar-refractivity contribution is 0.211. The van der Waals surface area contributed by atoms with Crippen LogP contribution in [-0.2, 0) is 0 Å². The number of piperazine rings is 1. The Morgan fingerprint density at radius 3 is 1.74 bits per heavy atom. The van der Waals surface area contributed by atoms with Crippen LogP contribution in [0.2, 0.25) is 0 Å². The van der Waals surface area contributed by atoms with Crippen molar-refractivity contribution in [1.82, 2.24) is 14.9 Å². The fourth-order valence-corrected chi connectivity index (χ4v) is 5.41. The van der Waals surface area contributed by atoms with Crippen molar-refractivity contribution < 1.29 is 0 Å². The number of hydrogen-bond donors (Lipinski definition) is 1. The van der Waals surface area contributed by atoms with Gasteiger partial charge < -0.3 is 10.2 Å². The first-order valence-electron chi connectivity index (χ1n) is 13.4. The van der Waals surface area contributed by atoms with Crippen molar-refractivity contribution in [2.45, 2.75) is 19.0 Å². The Morgan fingerprint density at radius 1 is 0.605 bits per heavy atom. The SMILES string of the molecule is CC(Nc1nc(N2CCN(C(c3ccccc3)c3ccccc3)CC2)nc2ccccc12)c1ccccc1. The molecule has 0 spiro atoms. The molecule has 0 bridgehead atoms. The van der Waals surface area contributed by atoms with E-state index in [0.717, 1.165) is 48.8 Å². The lowest BCUT2D eigenvalue weighted by atomic mass is 9.96. The third-order valence-corrected chi connectivity index (χ3v) is 7.44. The Bertz CT molecular complexity index is 1430. The predicted molar refractivity (Wildman–Crippen MR) is 157 cm³/mol. The van der Waals surface area contributed by atoms with Crippen molar-refractivity contribution >= 4 is 22.7 Å². The highest BCUT2D eigenvalue weighted by Gasteiger charge is 2.27. The van der Waals surface area contributed by atoms with Gasteiger partial charge in [0.05, 0.1) is 11.6 Å². The van der Waals surface area contributed by atoms with Crippen LogP contribution in [0.5, 0.6) is 0 Å². The average Bonchev–Trinajstić information content (AvgIpc) is 2.99. The van der Waals surface area contributed by atoms with E-state index >= 15 is 0 Å². The van der Waals surface area contributed by atoms with E-state index in [9.17, 15) is 0 Å². The van der Waals surface area contributed by atoms with Crippen molar-refractivity contribution in [1.29, 1.82) is 0 Å². The van der Waals surface area contributed by atoms with Crippen LogP contribution in [0.15, 0.2) is 115 Å². The van der Waals surface area contributed by atoms with Gasteiger partial charge in [0, 0.05) is 37.6 Å².